The van der Waals surface area contributed by atoms with Gasteiger partial charge in [-0.25, -0.2) is 9.37 Å². The van der Waals surface area contributed by atoms with Crippen LogP contribution in [0, 0.1) is 5.82 Å². The van der Waals surface area contributed by atoms with Gasteiger partial charge in [0.05, 0.1) is 22.1 Å². The number of nitrogens with zero attached hydrogens (tertiary/aromatic N) is 6. The van der Waals surface area contributed by atoms with Crippen LogP contribution in [0.4, 0.5) is 4.39 Å². The van der Waals surface area contributed by atoms with Gasteiger partial charge in [0.15, 0.2) is 5.82 Å². The van der Waals surface area contributed by atoms with Gasteiger partial charge in [0, 0.05) is 54.2 Å². The molecule has 1 saturated heterocycles. The van der Waals surface area contributed by atoms with Gasteiger partial charge in [0.25, 0.3) is 0 Å². The van der Waals surface area contributed by atoms with Gasteiger partial charge >= 0.3 is 0 Å². The summed E-state index contributed by atoms with van der Waals surface area (Å²) in [7, 11) is 0. The molecule has 1 aliphatic rings. The molecule has 9 heteroatoms. The van der Waals surface area contributed by atoms with Crippen LogP contribution in [0.2, 0.25) is 0 Å². The second kappa shape index (κ2) is 8.86. The van der Waals surface area contributed by atoms with Crippen LogP contribution < -0.4 is 0 Å². The number of hydrogen-bond donors (Lipinski definition) is 2. The lowest BCUT2D eigenvalue weighted by molar-refractivity contribution is 0.331. The molecule has 7 rings (SSSR count). The molecule has 0 atom stereocenters. The van der Waals surface area contributed by atoms with E-state index in [4.69, 9.17) is 4.98 Å². The molecule has 2 N–H and O–H groups in total. The molecule has 182 valence electrons. The molecule has 37 heavy (non-hydrogen) atoms. The molecule has 1 aliphatic heterocycles. The first kappa shape index (κ1) is 21.8. The monoisotopic (exact) mass is 490 g/mol. The van der Waals surface area contributed by atoms with Crippen molar-refractivity contribution in [1.82, 2.24) is 40.0 Å². The first-order valence-electron chi connectivity index (χ1n) is 12.3. The van der Waals surface area contributed by atoms with E-state index in [-0.39, 0.29) is 5.82 Å². The third-order valence-electron chi connectivity index (χ3n) is 6.96. The maximum Gasteiger partial charge on any atom is 0.159 e. The Hall–Kier alpha value is -4.50. The van der Waals surface area contributed by atoms with Crippen LogP contribution in [0.5, 0.6) is 0 Å². The summed E-state index contributed by atoms with van der Waals surface area (Å²) < 4.78 is 16.1. The fourth-order valence-electron chi connectivity index (χ4n) is 5.16. The highest BCUT2D eigenvalue weighted by molar-refractivity contribution is 5.98. The Kier molecular flexibility index (Phi) is 5.21. The number of nitrogens with one attached hydrogen (secondary N) is 2. The zero-order valence-corrected chi connectivity index (χ0v) is 19.9. The molecular weight excluding hydrogens is 467 g/mol. The number of benzene rings is 1. The minimum Gasteiger partial charge on any atom is -0.336 e. The lowest BCUT2D eigenvalue weighted by Crippen LogP contribution is -2.18. The van der Waals surface area contributed by atoms with Crippen molar-refractivity contribution >= 4 is 21.9 Å². The average Bonchev–Trinajstić information content (AvgIpc) is 3.69. The van der Waals surface area contributed by atoms with Crippen molar-refractivity contribution in [3.8, 4) is 33.9 Å². The summed E-state index contributed by atoms with van der Waals surface area (Å²) in [6, 6.07) is 11.3. The summed E-state index contributed by atoms with van der Waals surface area (Å²) >= 11 is 0. The third kappa shape index (κ3) is 3.84. The standard InChI is InChI=1S/C28H23FN8/c29-24-20(19-13-17(14-31-15-19)16-37-11-1-2-12-37)3-4-21-23(24)27(36-35-21)28-33-22-7-10-32-25(26(22)34-28)18-5-8-30-9-6-18/h3-10,13-15H,1-2,11-12,16H2,(H,33,34)(H,35,36). The minimum absolute atomic E-state index is 0.352. The van der Waals surface area contributed by atoms with Crippen LogP contribution in [0.15, 0.2) is 67.4 Å². The van der Waals surface area contributed by atoms with Crippen LogP contribution in [0.25, 0.3) is 55.8 Å². The maximum atomic E-state index is 16.1. The molecule has 1 aromatic carbocycles. The Morgan fingerprint density at radius 3 is 2.59 bits per heavy atom. The molecule has 6 heterocycles. The van der Waals surface area contributed by atoms with E-state index >= 15 is 4.39 Å². The van der Waals surface area contributed by atoms with Gasteiger partial charge in [-0.2, -0.15) is 5.10 Å². The molecule has 1 fully saturated rings. The molecule has 0 bridgehead atoms. The topological polar surface area (TPSA) is 99.3 Å². The molecule has 0 radical (unpaired) electrons. The molecule has 5 aromatic heterocycles. The summed E-state index contributed by atoms with van der Waals surface area (Å²) in [5.74, 6) is 0.121. The number of pyridine rings is 3. The van der Waals surface area contributed by atoms with Gasteiger partial charge in [-0.05, 0) is 67.9 Å². The quantitative estimate of drug-likeness (QED) is 0.338. The fourth-order valence-corrected chi connectivity index (χ4v) is 5.16. The van der Waals surface area contributed by atoms with E-state index in [1.807, 2.05) is 36.5 Å². The second-order valence-electron chi connectivity index (χ2n) is 9.36. The fraction of sp³-hybridized carbons (Fsp3) is 0.179. The first-order valence-corrected chi connectivity index (χ1v) is 12.3. The van der Waals surface area contributed by atoms with Crippen LogP contribution in [0.1, 0.15) is 18.4 Å². The highest BCUT2D eigenvalue weighted by atomic mass is 19.1. The number of aromatic nitrogens is 7. The van der Waals surface area contributed by atoms with Gasteiger partial charge in [-0.1, -0.05) is 0 Å². The lowest BCUT2D eigenvalue weighted by Gasteiger charge is -2.15. The van der Waals surface area contributed by atoms with E-state index in [1.54, 1.807) is 30.9 Å². The number of H-pyrrole nitrogens is 2. The van der Waals surface area contributed by atoms with Crippen molar-refractivity contribution in [1.29, 1.82) is 0 Å². The molecule has 0 amide bonds. The lowest BCUT2D eigenvalue weighted by atomic mass is 10.0. The van der Waals surface area contributed by atoms with Crippen molar-refractivity contribution in [2.75, 3.05) is 13.1 Å². The molecule has 0 spiro atoms. The SMILES string of the molecule is Fc1c(-c2cncc(CN3CCCC3)c2)ccc2[nH]nc(-c3nc4c(-c5ccncc5)nccc4[nH]3)c12. The smallest absolute Gasteiger partial charge is 0.159 e. The zero-order valence-electron chi connectivity index (χ0n) is 19.9. The van der Waals surface area contributed by atoms with E-state index in [1.165, 1.54) is 12.8 Å². The van der Waals surface area contributed by atoms with Gasteiger partial charge in [0.2, 0.25) is 0 Å². The van der Waals surface area contributed by atoms with Crippen molar-refractivity contribution in [2.24, 2.45) is 0 Å². The van der Waals surface area contributed by atoms with Gasteiger partial charge in [-0.3, -0.25) is 25.0 Å². The minimum atomic E-state index is -0.352. The Balaban J connectivity index is 1.32. The van der Waals surface area contributed by atoms with Gasteiger partial charge in [-0.15, -0.1) is 0 Å². The van der Waals surface area contributed by atoms with E-state index in [0.29, 0.717) is 33.5 Å². The summed E-state index contributed by atoms with van der Waals surface area (Å²) in [6.45, 7) is 3.02. The molecule has 6 aromatic rings. The van der Waals surface area contributed by atoms with Crippen LogP contribution >= 0.6 is 0 Å². The Morgan fingerprint density at radius 1 is 0.865 bits per heavy atom. The highest BCUT2D eigenvalue weighted by Gasteiger charge is 2.21. The Bertz CT molecular complexity index is 1730. The number of likely N-dealkylation sites (tertiary alicyclic amines) is 1. The van der Waals surface area contributed by atoms with Gasteiger partial charge < -0.3 is 4.98 Å². The number of fused-ring (bicyclic) bond motifs is 2. The second-order valence-corrected chi connectivity index (χ2v) is 9.36. The van der Waals surface area contributed by atoms with E-state index in [0.717, 1.165) is 47.5 Å². The zero-order chi connectivity index (χ0) is 24.8. The number of hydrogen-bond acceptors (Lipinski definition) is 6. The van der Waals surface area contributed by atoms with Gasteiger partial charge in [0.1, 0.15) is 17.0 Å². The van der Waals surface area contributed by atoms with Crippen LogP contribution in [0.3, 0.4) is 0 Å². The summed E-state index contributed by atoms with van der Waals surface area (Å²) in [6.07, 6.45) is 11.2. The van der Waals surface area contributed by atoms with E-state index < -0.39 is 0 Å². The molecule has 8 nitrogen and oxygen atoms in total. The van der Waals surface area contributed by atoms with Crippen molar-refractivity contribution in [2.45, 2.75) is 19.4 Å². The van der Waals surface area contributed by atoms with Crippen LogP contribution in [-0.2, 0) is 6.54 Å². The number of halogens is 1. The van der Waals surface area contributed by atoms with Crippen LogP contribution in [-0.4, -0.2) is 53.1 Å². The first-order chi connectivity index (χ1) is 18.2. The van der Waals surface area contributed by atoms with E-state index in [9.17, 15) is 0 Å². The maximum absolute atomic E-state index is 16.1. The normalized spacial score (nSPS) is 14.2. The van der Waals surface area contributed by atoms with E-state index in [2.05, 4.69) is 35.0 Å². The largest absolute Gasteiger partial charge is 0.336 e. The summed E-state index contributed by atoms with van der Waals surface area (Å²) in [5, 5.41) is 7.78. The summed E-state index contributed by atoms with van der Waals surface area (Å²) in [5.41, 5.74) is 6.46. The predicted molar refractivity (Wildman–Crippen MR) is 140 cm³/mol. The average molecular weight is 491 g/mol. The summed E-state index contributed by atoms with van der Waals surface area (Å²) in [4.78, 5) is 23.5. The van der Waals surface area contributed by atoms with Crippen molar-refractivity contribution in [3.63, 3.8) is 0 Å². The van der Waals surface area contributed by atoms with Crippen molar-refractivity contribution < 1.29 is 4.39 Å². The molecule has 0 saturated carbocycles. The number of aromatic amines is 2. The molecular formula is C28H23FN8. The molecule has 0 unspecified atom stereocenters. The highest BCUT2D eigenvalue weighted by Crippen LogP contribution is 2.35. The third-order valence-corrected chi connectivity index (χ3v) is 6.96. The predicted octanol–water partition coefficient (Wildman–Crippen LogP) is 5.36. The number of rotatable bonds is 5. The molecule has 0 aliphatic carbocycles. The van der Waals surface area contributed by atoms with Crippen molar-refractivity contribution in [3.05, 3.63) is 78.8 Å². The Morgan fingerprint density at radius 2 is 1.73 bits per heavy atom. The number of imidazole rings is 1. The Labute approximate surface area is 211 Å².